The summed E-state index contributed by atoms with van der Waals surface area (Å²) in [7, 11) is 3.31. The molecular formula is C32H35ClFN3O6. The summed E-state index contributed by atoms with van der Waals surface area (Å²) in [5, 5.41) is 15.3. The number of piperidine rings is 1. The molecule has 228 valence electrons. The van der Waals surface area contributed by atoms with Gasteiger partial charge in [-0.2, -0.15) is 0 Å². The van der Waals surface area contributed by atoms with E-state index in [0.29, 0.717) is 23.2 Å². The third-order valence-electron chi connectivity index (χ3n) is 7.59. The van der Waals surface area contributed by atoms with Crippen LogP contribution in [-0.2, 0) is 29.0 Å². The van der Waals surface area contributed by atoms with E-state index in [0.717, 1.165) is 73.5 Å². The first kappa shape index (κ1) is 31.8. The van der Waals surface area contributed by atoms with Crippen LogP contribution in [0.15, 0.2) is 60.7 Å². The SMILES string of the molecule is COc1ccc(CCN2CCC(Cc3nc4cc(OC)c(Cl)cc4n3Cc3ccc(F)cc3)CC2)cc1.O=C(O)C(=O)O. The van der Waals surface area contributed by atoms with Crippen molar-refractivity contribution in [3.05, 3.63) is 88.5 Å². The number of fused-ring (bicyclic) bond motifs is 1. The summed E-state index contributed by atoms with van der Waals surface area (Å²) >= 11 is 6.48. The van der Waals surface area contributed by atoms with Crippen molar-refractivity contribution < 1.29 is 33.7 Å². The minimum absolute atomic E-state index is 0.231. The van der Waals surface area contributed by atoms with Crippen LogP contribution in [0, 0.1) is 11.7 Å². The predicted octanol–water partition coefficient (Wildman–Crippen LogP) is 5.55. The molecule has 9 nitrogen and oxygen atoms in total. The summed E-state index contributed by atoms with van der Waals surface area (Å²) in [4.78, 5) is 25.8. The van der Waals surface area contributed by atoms with Gasteiger partial charge in [-0.05, 0) is 79.7 Å². The highest BCUT2D eigenvalue weighted by atomic mass is 35.5. The monoisotopic (exact) mass is 611 g/mol. The lowest BCUT2D eigenvalue weighted by atomic mass is 9.93. The smallest absolute Gasteiger partial charge is 0.414 e. The Morgan fingerprint density at radius 3 is 2.16 bits per heavy atom. The van der Waals surface area contributed by atoms with E-state index in [1.165, 1.54) is 17.7 Å². The quantitative estimate of drug-likeness (QED) is 0.237. The summed E-state index contributed by atoms with van der Waals surface area (Å²) < 4.78 is 26.4. The minimum atomic E-state index is -1.82. The molecule has 0 spiro atoms. The van der Waals surface area contributed by atoms with Gasteiger partial charge in [0.2, 0.25) is 0 Å². The normalized spacial score (nSPS) is 13.8. The minimum Gasteiger partial charge on any atom is -0.497 e. The lowest BCUT2D eigenvalue weighted by molar-refractivity contribution is -0.159. The first-order chi connectivity index (χ1) is 20.7. The summed E-state index contributed by atoms with van der Waals surface area (Å²) in [5.41, 5.74) is 4.21. The molecule has 2 N–H and O–H groups in total. The summed E-state index contributed by atoms with van der Waals surface area (Å²) in [6.45, 7) is 3.88. The van der Waals surface area contributed by atoms with E-state index in [9.17, 15) is 4.39 Å². The molecular weight excluding hydrogens is 577 g/mol. The maximum atomic E-state index is 13.5. The van der Waals surface area contributed by atoms with E-state index < -0.39 is 11.9 Å². The van der Waals surface area contributed by atoms with E-state index in [1.54, 1.807) is 14.2 Å². The van der Waals surface area contributed by atoms with Crippen LogP contribution in [0.25, 0.3) is 11.0 Å². The average Bonchev–Trinajstić information content (AvgIpc) is 3.32. The van der Waals surface area contributed by atoms with E-state index >= 15 is 0 Å². The third-order valence-corrected chi connectivity index (χ3v) is 7.89. The molecule has 3 aromatic carbocycles. The molecule has 11 heteroatoms. The predicted molar refractivity (Wildman–Crippen MR) is 162 cm³/mol. The Hall–Kier alpha value is -4.15. The topological polar surface area (TPSA) is 114 Å². The molecule has 5 rings (SSSR count). The Kier molecular flexibility index (Phi) is 11.0. The van der Waals surface area contributed by atoms with Crippen molar-refractivity contribution >= 4 is 34.6 Å². The number of carbonyl (C=O) groups is 2. The number of aromatic nitrogens is 2. The molecule has 1 fully saturated rings. The first-order valence-corrected chi connectivity index (χ1v) is 14.3. The highest BCUT2D eigenvalue weighted by Gasteiger charge is 2.23. The number of methoxy groups -OCH3 is 2. The highest BCUT2D eigenvalue weighted by Crippen LogP contribution is 2.32. The Morgan fingerprint density at radius 1 is 0.953 bits per heavy atom. The van der Waals surface area contributed by atoms with Crippen molar-refractivity contribution in [3.63, 3.8) is 0 Å². The molecule has 1 aliphatic rings. The number of hydrogen-bond donors (Lipinski definition) is 2. The lowest BCUT2D eigenvalue weighted by Gasteiger charge is -2.32. The van der Waals surface area contributed by atoms with Gasteiger partial charge in [0.15, 0.2) is 0 Å². The van der Waals surface area contributed by atoms with Gasteiger partial charge in [0.1, 0.15) is 23.1 Å². The molecule has 0 bridgehead atoms. The van der Waals surface area contributed by atoms with Crippen molar-refractivity contribution in [1.29, 1.82) is 0 Å². The molecule has 1 saturated heterocycles. The Bertz CT molecular complexity index is 1520. The third kappa shape index (κ3) is 8.68. The fourth-order valence-corrected chi connectivity index (χ4v) is 5.42. The molecule has 0 saturated carbocycles. The molecule has 0 radical (unpaired) electrons. The molecule has 2 heterocycles. The van der Waals surface area contributed by atoms with Crippen LogP contribution in [0.5, 0.6) is 11.5 Å². The van der Waals surface area contributed by atoms with Gasteiger partial charge in [-0.15, -0.1) is 0 Å². The maximum absolute atomic E-state index is 13.5. The van der Waals surface area contributed by atoms with Gasteiger partial charge in [0, 0.05) is 25.6 Å². The number of nitrogens with zero attached hydrogens (tertiary/aromatic N) is 3. The second kappa shape index (κ2) is 14.8. The fourth-order valence-electron chi connectivity index (χ4n) is 5.19. The first-order valence-electron chi connectivity index (χ1n) is 14.0. The van der Waals surface area contributed by atoms with Crippen LogP contribution in [0.1, 0.15) is 29.8 Å². The van der Waals surface area contributed by atoms with Gasteiger partial charge in [0.25, 0.3) is 0 Å². The van der Waals surface area contributed by atoms with Gasteiger partial charge >= 0.3 is 11.9 Å². The molecule has 1 aromatic heterocycles. The van der Waals surface area contributed by atoms with Crippen molar-refractivity contribution in [3.8, 4) is 11.5 Å². The average molecular weight is 612 g/mol. The van der Waals surface area contributed by atoms with E-state index in [-0.39, 0.29) is 5.82 Å². The molecule has 4 aromatic rings. The van der Waals surface area contributed by atoms with Gasteiger partial charge in [-0.1, -0.05) is 35.9 Å². The van der Waals surface area contributed by atoms with Crippen molar-refractivity contribution in [2.75, 3.05) is 33.9 Å². The van der Waals surface area contributed by atoms with E-state index in [2.05, 4.69) is 21.6 Å². The largest absolute Gasteiger partial charge is 0.497 e. The second-order valence-electron chi connectivity index (χ2n) is 10.4. The van der Waals surface area contributed by atoms with Crippen LogP contribution in [0.4, 0.5) is 4.39 Å². The van der Waals surface area contributed by atoms with Crippen molar-refractivity contribution in [2.45, 2.75) is 32.2 Å². The molecule has 43 heavy (non-hydrogen) atoms. The Morgan fingerprint density at radius 2 is 1.58 bits per heavy atom. The zero-order valence-electron chi connectivity index (χ0n) is 24.1. The lowest BCUT2D eigenvalue weighted by Crippen LogP contribution is -2.36. The van der Waals surface area contributed by atoms with Crippen LogP contribution >= 0.6 is 11.6 Å². The molecule has 0 aliphatic carbocycles. The zero-order chi connectivity index (χ0) is 30.9. The number of imidazole rings is 1. The Balaban J connectivity index is 0.000000641. The van der Waals surface area contributed by atoms with Gasteiger partial charge in [-0.25, -0.2) is 19.0 Å². The number of rotatable bonds is 9. The molecule has 0 amide bonds. The van der Waals surface area contributed by atoms with Crippen molar-refractivity contribution in [2.24, 2.45) is 5.92 Å². The standard InChI is InChI=1S/C30H33ClFN3O2.C2H2O4/c1-36-25-9-5-21(6-10-25)11-14-34-15-12-22(13-16-34)17-30-33-27-19-29(37-2)26(31)18-28(27)35(30)20-23-3-7-24(32)8-4-23;3-1(4)2(5)6/h3-10,18-19,22H,11-17,20H2,1-2H3;(H,3,4)(H,5,6). The zero-order valence-corrected chi connectivity index (χ0v) is 24.9. The van der Waals surface area contributed by atoms with Crippen LogP contribution in [0.3, 0.4) is 0 Å². The summed E-state index contributed by atoms with van der Waals surface area (Å²) in [6, 6.07) is 18.9. The number of carboxylic acid groups (broad SMARTS) is 2. The number of hydrogen-bond acceptors (Lipinski definition) is 6. The number of carboxylic acids is 2. The van der Waals surface area contributed by atoms with Crippen LogP contribution in [0.2, 0.25) is 5.02 Å². The number of halogens is 2. The number of benzene rings is 3. The molecule has 0 unspecified atom stereocenters. The molecule has 0 atom stereocenters. The van der Waals surface area contributed by atoms with Gasteiger partial charge in [0.05, 0.1) is 30.3 Å². The van der Waals surface area contributed by atoms with E-state index in [1.807, 2.05) is 36.4 Å². The molecule has 1 aliphatic heterocycles. The second-order valence-corrected chi connectivity index (χ2v) is 10.8. The number of ether oxygens (including phenoxy) is 2. The summed E-state index contributed by atoms with van der Waals surface area (Å²) in [6.07, 6.45) is 4.24. The Labute approximate surface area is 254 Å². The highest BCUT2D eigenvalue weighted by molar-refractivity contribution is 6.32. The fraction of sp³-hybridized carbons (Fsp3) is 0.344. The van der Waals surface area contributed by atoms with E-state index in [4.69, 9.17) is 45.9 Å². The number of likely N-dealkylation sites (tertiary alicyclic amines) is 1. The van der Waals surface area contributed by atoms with Crippen molar-refractivity contribution in [1.82, 2.24) is 14.5 Å². The summed E-state index contributed by atoms with van der Waals surface area (Å²) in [5.74, 6) is -0.747. The van der Waals surface area contributed by atoms with Gasteiger partial charge in [-0.3, -0.25) is 0 Å². The number of aliphatic carboxylic acids is 2. The van der Waals surface area contributed by atoms with Crippen LogP contribution in [-0.4, -0.2) is 70.5 Å². The van der Waals surface area contributed by atoms with Gasteiger partial charge < -0.3 is 29.2 Å². The maximum Gasteiger partial charge on any atom is 0.414 e. The van der Waals surface area contributed by atoms with Crippen LogP contribution < -0.4 is 9.47 Å².